The molecular formula is C15H23NO2. The summed E-state index contributed by atoms with van der Waals surface area (Å²) in [6.45, 7) is 3.33. The van der Waals surface area contributed by atoms with Crippen molar-refractivity contribution in [3.63, 3.8) is 0 Å². The molecule has 1 aromatic carbocycles. The van der Waals surface area contributed by atoms with Gasteiger partial charge in [0.05, 0.1) is 13.2 Å². The van der Waals surface area contributed by atoms with Gasteiger partial charge >= 0.3 is 0 Å². The second-order valence-electron chi connectivity index (χ2n) is 5.14. The summed E-state index contributed by atoms with van der Waals surface area (Å²) in [4.78, 5) is 2.09. The van der Waals surface area contributed by atoms with Crippen LogP contribution < -0.4 is 0 Å². The highest BCUT2D eigenvalue weighted by Gasteiger charge is 2.23. The lowest BCUT2D eigenvalue weighted by Crippen LogP contribution is -2.39. The van der Waals surface area contributed by atoms with Crippen molar-refractivity contribution in [2.75, 3.05) is 33.4 Å². The van der Waals surface area contributed by atoms with Gasteiger partial charge < -0.3 is 15.1 Å². The number of hydrogen-bond donors (Lipinski definition) is 2. The molecule has 0 aliphatic carbocycles. The summed E-state index contributed by atoms with van der Waals surface area (Å²) in [6, 6.07) is 10.1. The zero-order valence-electron chi connectivity index (χ0n) is 11.2. The minimum Gasteiger partial charge on any atom is -0.396 e. The zero-order valence-corrected chi connectivity index (χ0v) is 11.2. The lowest BCUT2D eigenvalue weighted by Gasteiger charge is -2.29. The van der Waals surface area contributed by atoms with Crippen LogP contribution >= 0.6 is 0 Å². The fourth-order valence-electron chi connectivity index (χ4n) is 1.80. The Morgan fingerprint density at radius 2 is 1.78 bits per heavy atom. The zero-order chi connectivity index (χ0) is 13.4. The average Bonchev–Trinajstić information content (AvgIpc) is 2.40. The van der Waals surface area contributed by atoms with Crippen molar-refractivity contribution < 1.29 is 10.2 Å². The largest absolute Gasteiger partial charge is 0.396 e. The number of hydrogen-bond acceptors (Lipinski definition) is 3. The first-order valence-electron chi connectivity index (χ1n) is 6.21. The van der Waals surface area contributed by atoms with E-state index in [1.165, 1.54) is 5.56 Å². The number of aliphatic hydroxyl groups excluding tert-OH is 2. The van der Waals surface area contributed by atoms with Gasteiger partial charge in [0, 0.05) is 18.5 Å². The molecule has 0 unspecified atom stereocenters. The Labute approximate surface area is 109 Å². The summed E-state index contributed by atoms with van der Waals surface area (Å²) in [5.41, 5.74) is 0.744. The lowest BCUT2D eigenvalue weighted by atomic mass is 9.92. The second-order valence-corrected chi connectivity index (χ2v) is 5.14. The fourth-order valence-corrected chi connectivity index (χ4v) is 1.80. The maximum atomic E-state index is 9.23. The van der Waals surface area contributed by atoms with E-state index in [1.54, 1.807) is 0 Å². The molecule has 0 aliphatic rings. The SMILES string of the molecule is CN(C/C=C/c1ccccc1)CC(C)(CO)CO. The molecular weight excluding hydrogens is 226 g/mol. The molecule has 1 aromatic rings. The van der Waals surface area contributed by atoms with Crippen LogP contribution in [0, 0.1) is 5.41 Å². The first-order chi connectivity index (χ1) is 8.59. The molecule has 0 spiro atoms. The van der Waals surface area contributed by atoms with Gasteiger partial charge in [-0.2, -0.15) is 0 Å². The molecule has 0 aromatic heterocycles. The summed E-state index contributed by atoms with van der Waals surface area (Å²) in [5, 5.41) is 18.5. The third-order valence-corrected chi connectivity index (χ3v) is 2.94. The predicted octanol–water partition coefficient (Wildman–Crippen LogP) is 1.62. The molecule has 0 saturated heterocycles. The normalized spacial score (nSPS) is 12.5. The van der Waals surface area contributed by atoms with E-state index in [4.69, 9.17) is 0 Å². The van der Waals surface area contributed by atoms with Gasteiger partial charge in [-0.05, 0) is 12.6 Å². The van der Waals surface area contributed by atoms with Gasteiger partial charge in [-0.3, -0.25) is 0 Å². The third-order valence-electron chi connectivity index (χ3n) is 2.94. The van der Waals surface area contributed by atoms with Crippen LogP contribution in [0.3, 0.4) is 0 Å². The van der Waals surface area contributed by atoms with E-state index in [-0.39, 0.29) is 13.2 Å². The van der Waals surface area contributed by atoms with Gasteiger partial charge in [0.25, 0.3) is 0 Å². The quantitative estimate of drug-likeness (QED) is 0.772. The Bertz CT molecular complexity index is 358. The monoisotopic (exact) mass is 249 g/mol. The van der Waals surface area contributed by atoms with Crippen LogP contribution in [0.15, 0.2) is 36.4 Å². The van der Waals surface area contributed by atoms with Crippen LogP contribution in [-0.4, -0.2) is 48.5 Å². The highest BCUT2D eigenvalue weighted by atomic mass is 16.3. The minimum absolute atomic E-state index is 0.00373. The Morgan fingerprint density at radius 1 is 1.17 bits per heavy atom. The van der Waals surface area contributed by atoms with Crippen molar-refractivity contribution in [2.24, 2.45) is 5.41 Å². The Balaban J connectivity index is 2.42. The molecule has 0 saturated carbocycles. The molecule has 3 nitrogen and oxygen atoms in total. The van der Waals surface area contributed by atoms with Crippen molar-refractivity contribution in [2.45, 2.75) is 6.92 Å². The molecule has 18 heavy (non-hydrogen) atoms. The van der Waals surface area contributed by atoms with Crippen molar-refractivity contribution in [3.05, 3.63) is 42.0 Å². The van der Waals surface area contributed by atoms with E-state index < -0.39 is 5.41 Å². The topological polar surface area (TPSA) is 43.7 Å². The van der Waals surface area contributed by atoms with Gasteiger partial charge in [0.2, 0.25) is 0 Å². The van der Waals surface area contributed by atoms with Gasteiger partial charge in [0.1, 0.15) is 0 Å². The van der Waals surface area contributed by atoms with Gasteiger partial charge in [-0.25, -0.2) is 0 Å². The molecule has 0 atom stereocenters. The molecule has 0 fully saturated rings. The van der Waals surface area contributed by atoms with Crippen LogP contribution in [0.2, 0.25) is 0 Å². The maximum Gasteiger partial charge on any atom is 0.0519 e. The van der Waals surface area contributed by atoms with E-state index in [2.05, 4.69) is 29.2 Å². The molecule has 1 rings (SSSR count). The summed E-state index contributed by atoms with van der Waals surface area (Å²) in [6.07, 6.45) is 4.16. The standard InChI is InChI=1S/C15H23NO2/c1-15(12-17,13-18)11-16(2)10-6-9-14-7-4-3-5-8-14/h3-9,17-18H,10-13H2,1-2H3/b9-6+. The highest BCUT2D eigenvalue weighted by Crippen LogP contribution is 2.15. The average molecular weight is 249 g/mol. The third kappa shape index (κ3) is 5.00. The minimum atomic E-state index is -0.435. The van der Waals surface area contributed by atoms with Crippen LogP contribution in [0.4, 0.5) is 0 Å². The molecule has 3 heteroatoms. The summed E-state index contributed by atoms with van der Waals surface area (Å²) >= 11 is 0. The van der Waals surface area contributed by atoms with Crippen molar-refractivity contribution >= 4 is 6.08 Å². The molecule has 0 bridgehead atoms. The fraction of sp³-hybridized carbons (Fsp3) is 0.467. The molecule has 100 valence electrons. The van der Waals surface area contributed by atoms with Crippen LogP contribution in [0.1, 0.15) is 12.5 Å². The van der Waals surface area contributed by atoms with Gasteiger partial charge in [0.15, 0.2) is 0 Å². The van der Waals surface area contributed by atoms with Crippen molar-refractivity contribution in [1.82, 2.24) is 4.90 Å². The first kappa shape index (κ1) is 14.9. The van der Waals surface area contributed by atoms with E-state index in [0.29, 0.717) is 6.54 Å². The van der Waals surface area contributed by atoms with Gasteiger partial charge in [-0.1, -0.05) is 49.4 Å². The van der Waals surface area contributed by atoms with Gasteiger partial charge in [-0.15, -0.1) is 0 Å². The molecule has 0 heterocycles. The summed E-state index contributed by atoms with van der Waals surface area (Å²) in [7, 11) is 1.99. The summed E-state index contributed by atoms with van der Waals surface area (Å²) < 4.78 is 0. The molecule has 0 amide bonds. The van der Waals surface area contributed by atoms with Crippen LogP contribution in [0.25, 0.3) is 6.08 Å². The van der Waals surface area contributed by atoms with E-state index >= 15 is 0 Å². The predicted molar refractivity (Wildman–Crippen MR) is 75.3 cm³/mol. The number of rotatable bonds is 7. The number of benzene rings is 1. The lowest BCUT2D eigenvalue weighted by molar-refractivity contribution is 0.0447. The van der Waals surface area contributed by atoms with Crippen molar-refractivity contribution in [3.8, 4) is 0 Å². The Morgan fingerprint density at radius 3 is 2.33 bits per heavy atom. The van der Waals surface area contributed by atoms with E-state index in [0.717, 1.165) is 6.54 Å². The Hall–Kier alpha value is -1.16. The van der Waals surface area contributed by atoms with Crippen molar-refractivity contribution in [1.29, 1.82) is 0 Å². The number of nitrogens with zero attached hydrogens (tertiary/aromatic N) is 1. The molecule has 0 radical (unpaired) electrons. The Kier molecular flexibility index (Phi) is 6.05. The first-order valence-corrected chi connectivity index (χ1v) is 6.21. The number of aliphatic hydroxyl groups is 2. The van der Waals surface area contributed by atoms with E-state index in [1.807, 2.05) is 32.2 Å². The highest BCUT2D eigenvalue weighted by molar-refractivity contribution is 5.48. The van der Waals surface area contributed by atoms with Crippen LogP contribution in [0.5, 0.6) is 0 Å². The van der Waals surface area contributed by atoms with Crippen LogP contribution in [-0.2, 0) is 0 Å². The smallest absolute Gasteiger partial charge is 0.0519 e. The molecule has 0 aliphatic heterocycles. The summed E-state index contributed by atoms with van der Waals surface area (Å²) in [5.74, 6) is 0. The second kappa shape index (κ2) is 7.31. The van der Waals surface area contributed by atoms with E-state index in [9.17, 15) is 10.2 Å². The maximum absolute atomic E-state index is 9.23. The molecule has 2 N–H and O–H groups in total. The number of likely N-dealkylation sites (N-methyl/N-ethyl adjacent to an activating group) is 1.